The van der Waals surface area contributed by atoms with Gasteiger partial charge in [0.15, 0.2) is 17.4 Å². The highest BCUT2D eigenvalue weighted by Gasteiger charge is 2.20. The Hall–Kier alpha value is -2.09. The molecule has 0 bridgehead atoms. The Bertz CT molecular complexity index is 839. The fourth-order valence-corrected chi connectivity index (χ4v) is 2.26. The van der Waals surface area contributed by atoms with Crippen LogP contribution in [0.2, 0.25) is 0 Å². The lowest BCUT2D eigenvalue weighted by molar-refractivity contribution is 0.259. The molecule has 3 nitrogen and oxygen atoms in total. The molecule has 114 valence electrons. The van der Waals surface area contributed by atoms with Gasteiger partial charge in [-0.3, -0.25) is 0 Å². The zero-order valence-corrected chi connectivity index (χ0v) is 12.4. The molecule has 0 aliphatic heterocycles. The van der Waals surface area contributed by atoms with Crippen molar-refractivity contribution in [2.24, 2.45) is 0 Å². The number of ether oxygens (including phenoxy) is 1. The summed E-state index contributed by atoms with van der Waals surface area (Å²) in [5, 5.41) is 0. The van der Waals surface area contributed by atoms with Crippen molar-refractivity contribution in [2.75, 3.05) is 0 Å². The van der Waals surface area contributed by atoms with Crippen molar-refractivity contribution in [3.8, 4) is 5.75 Å². The monoisotopic (exact) mass is 374 g/mol. The second kappa shape index (κ2) is 5.60. The molecule has 3 rings (SSSR count). The van der Waals surface area contributed by atoms with Crippen molar-refractivity contribution >= 4 is 21.6 Å². The molecule has 0 amide bonds. The molecule has 0 N–H and O–H groups in total. The van der Waals surface area contributed by atoms with Gasteiger partial charge in [0.25, 0.3) is 0 Å². The first-order chi connectivity index (χ1) is 10.5. The third-order valence-electron chi connectivity index (χ3n) is 2.90. The van der Waals surface area contributed by atoms with Gasteiger partial charge in [-0.15, -0.1) is 0 Å². The van der Waals surface area contributed by atoms with Gasteiger partial charge >= 0.3 is 0 Å². The topological polar surface area (TPSA) is 26.5 Å². The number of pyridine rings is 1. The second-order valence-electron chi connectivity index (χ2n) is 4.43. The molecule has 0 saturated carbocycles. The molecule has 1 aromatic carbocycles. The van der Waals surface area contributed by atoms with E-state index in [-0.39, 0.29) is 12.7 Å². The van der Waals surface area contributed by atoms with Crippen LogP contribution in [0.15, 0.2) is 35.1 Å². The van der Waals surface area contributed by atoms with E-state index in [0.717, 1.165) is 4.47 Å². The molecule has 0 saturated heterocycles. The summed E-state index contributed by atoms with van der Waals surface area (Å²) < 4.78 is 60.4. The molecule has 0 aliphatic rings. The molecule has 0 aliphatic carbocycles. The van der Waals surface area contributed by atoms with E-state index in [1.807, 2.05) is 0 Å². The van der Waals surface area contributed by atoms with E-state index in [0.29, 0.717) is 11.3 Å². The van der Waals surface area contributed by atoms with Crippen LogP contribution >= 0.6 is 15.9 Å². The molecular formula is C14H7BrF4N2O. The van der Waals surface area contributed by atoms with E-state index < -0.39 is 29.0 Å². The molecule has 0 fully saturated rings. The SMILES string of the molecule is Fc1cc(F)c(F)c(OCc2cn3cc(Br)ccc3n2)c1F. The minimum atomic E-state index is -1.58. The maximum Gasteiger partial charge on any atom is 0.203 e. The summed E-state index contributed by atoms with van der Waals surface area (Å²) in [6.45, 7) is -0.337. The highest BCUT2D eigenvalue weighted by molar-refractivity contribution is 9.10. The van der Waals surface area contributed by atoms with Crippen LogP contribution in [-0.2, 0) is 6.61 Å². The van der Waals surface area contributed by atoms with Gasteiger partial charge in [-0.05, 0) is 28.1 Å². The summed E-state index contributed by atoms with van der Waals surface area (Å²) in [6.07, 6.45) is 3.31. The lowest BCUT2D eigenvalue weighted by atomic mass is 10.3. The van der Waals surface area contributed by atoms with Crippen LogP contribution in [0, 0.1) is 23.3 Å². The summed E-state index contributed by atoms with van der Waals surface area (Å²) in [7, 11) is 0. The Morgan fingerprint density at radius 3 is 2.41 bits per heavy atom. The Labute approximate surface area is 130 Å². The Balaban J connectivity index is 1.88. The summed E-state index contributed by atoms with van der Waals surface area (Å²) in [5.74, 6) is -7.30. The van der Waals surface area contributed by atoms with E-state index >= 15 is 0 Å². The van der Waals surface area contributed by atoms with E-state index in [1.165, 1.54) is 0 Å². The third-order valence-corrected chi connectivity index (χ3v) is 3.37. The molecule has 0 atom stereocenters. The zero-order chi connectivity index (χ0) is 15.9. The van der Waals surface area contributed by atoms with E-state index in [4.69, 9.17) is 4.74 Å². The number of nitrogens with zero attached hydrogens (tertiary/aromatic N) is 2. The number of imidazole rings is 1. The molecule has 2 heterocycles. The van der Waals surface area contributed by atoms with Crippen molar-refractivity contribution in [3.05, 3.63) is 64.0 Å². The largest absolute Gasteiger partial charge is 0.481 e. The first-order valence-corrected chi connectivity index (χ1v) is 6.84. The number of hydrogen-bond acceptors (Lipinski definition) is 2. The third kappa shape index (κ3) is 2.66. The maximum absolute atomic E-state index is 13.5. The second-order valence-corrected chi connectivity index (χ2v) is 5.35. The van der Waals surface area contributed by atoms with Crippen LogP contribution in [0.3, 0.4) is 0 Å². The van der Waals surface area contributed by atoms with Gasteiger partial charge < -0.3 is 9.14 Å². The first-order valence-electron chi connectivity index (χ1n) is 6.04. The van der Waals surface area contributed by atoms with Gasteiger partial charge in [-0.1, -0.05) is 0 Å². The van der Waals surface area contributed by atoms with Crippen molar-refractivity contribution < 1.29 is 22.3 Å². The smallest absolute Gasteiger partial charge is 0.203 e. The summed E-state index contributed by atoms with van der Waals surface area (Å²) in [4.78, 5) is 4.16. The molecule has 22 heavy (non-hydrogen) atoms. The zero-order valence-electron chi connectivity index (χ0n) is 10.8. The number of halogens is 5. The summed E-state index contributed by atoms with van der Waals surface area (Å²) in [6, 6.07) is 3.62. The fraction of sp³-hybridized carbons (Fsp3) is 0.0714. The van der Waals surface area contributed by atoms with Crippen LogP contribution in [-0.4, -0.2) is 9.38 Å². The van der Waals surface area contributed by atoms with E-state index in [9.17, 15) is 17.6 Å². The first kappa shape index (κ1) is 14.8. The van der Waals surface area contributed by atoms with Crippen LogP contribution in [0.4, 0.5) is 17.6 Å². The minimum absolute atomic E-state index is 0.125. The van der Waals surface area contributed by atoms with Gasteiger partial charge in [0.05, 0.1) is 5.69 Å². The Morgan fingerprint density at radius 1 is 1.05 bits per heavy atom. The molecule has 0 radical (unpaired) electrons. The van der Waals surface area contributed by atoms with Crippen LogP contribution in [0.5, 0.6) is 5.75 Å². The lowest BCUT2D eigenvalue weighted by Crippen LogP contribution is -2.04. The summed E-state index contributed by atoms with van der Waals surface area (Å²) >= 11 is 3.29. The quantitative estimate of drug-likeness (QED) is 0.506. The average molecular weight is 375 g/mol. The molecular weight excluding hydrogens is 368 g/mol. The Morgan fingerprint density at radius 2 is 1.73 bits per heavy atom. The van der Waals surface area contributed by atoms with Crippen LogP contribution in [0.1, 0.15) is 5.69 Å². The highest BCUT2D eigenvalue weighted by Crippen LogP contribution is 2.27. The van der Waals surface area contributed by atoms with E-state index in [2.05, 4.69) is 20.9 Å². The number of fused-ring (bicyclic) bond motifs is 1. The number of benzene rings is 1. The van der Waals surface area contributed by atoms with Crippen molar-refractivity contribution in [3.63, 3.8) is 0 Å². The molecule has 0 spiro atoms. The standard InChI is InChI=1S/C14H7BrF4N2O/c15-7-1-2-11-20-8(5-21(11)4-7)6-22-14-12(18)9(16)3-10(17)13(14)19/h1-5H,6H2. The van der Waals surface area contributed by atoms with Gasteiger partial charge in [0.1, 0.15) is 12.3 Å². The predicted molar refractivity (Wildman–Crippen MR) is 73.5 cm³/mol. The van der Waals surface area contributed by atoms with Gasteiger partial charge in [-0.2, -0.15) is 8.78 Å². The lowest BCUT2D eigenvalue weighted by Gasteiger charge is -2.07. The number of rotatable bonds is 3. The summed E-state index contributed by atoms with van der Waals surface area (Å²) in [5.41, 5.74) is 0.940. The van der Waals surface area contributed by atoms with Crippen LogP contribution in [0.25, 0.3) is 5.65 Å². The Kier molecular flexibility index (Phi) is 3.78. The van der Waals surface area contributed by atoms with Crippen LogP contribution < -0.4 is 4.74 Å². The normalized spacial score (nSPS) is 11.1. The highest BCUT2D eigenvalue weighted by atomic mass is 79.9. The number of aromatic nitrogens is 2. The maximum atomic E-state index is 13.5. The van der Waals surface area contributed by atoms with Crippen molar-refractivity contribution in [2.45, 2.75) is 6.61 Å². The average Bonchev–Trinajstić information content (AvgIpc) is 2.87. The molecule has 2 aromatic heterocycles. The molecule has 0 unspecified atom stereocenters. The number of hydrogen-bond donors (Lipinski definition) is 0. The van der Waals surface area contributed by atoms with Gasteiger partial charge in [0.2, 0.25) is 11.6 Å². The minimum Gasteiger partial charge on any atom is -0.481 e. The van der Waals surface area contributed by atoms with E-state index in [1.54, 1.807) is 28.9 Å². The van der Waals surface area contributed by atoms with Gasteiger partial charge in [-0.25, -0.2) is 13.8 Å². The molecule has 3 aromatic rings. The fourth-order valence-electron chi connectivity index (χ4n) is 1.91. The van der Waals surface area contributed by atoms with Crippen molar-refractivity contribution in [1.82, 2.24) is 9.38 Å². The molecule has 8 heteroatoms. The van der Waals surface area contributed by atoms with Crippen molar-refractivity contribution in [1.29, 1.82) is 0 Å². The predicted octanol–water partition coefficient (Wildman–Crippen LogP) is 4.23. The van der Waals surface area contributed by atoms with Gasteiger partial charge in [0, 0.05) is 22.9 Å².